The van der Waals surface area contributed by atoms with Gasteiger partial charge in [-0.3, -0.25) is 14.9 Å². The van der Waals surface area contributed by atoms with Crippen molar-refractivity contribution in [1.29, 1.82) is 0 Å². The molecule has 1 aromatic heterocycles. The molecule has 1 aromatic carbocycles. The van der Waals surface area contributed by atoms with Crippen LogP contribution in [-0.4, -0.2) is 32.9 Å². The van der Waals surface area contributed by atoms with Gasteiger partial charge >= 0.3 is 5.97 Å². The lowest BCUT2D eigenvalue weighted by atomic mass is 10.0. The first-order valence-electron chi connectivity index (χ1n) is 7.61. The van der Waals surface area contributed by atoms with Crippen LogP contribution in [0.2, 0.25) is 0 Å². The smallest absolute Gasteiger partial charge is 0.326 e. The number of amides is 1. The van der Waals surface area contributed by atoms with E-state index in [0.717, 1.165) is 23.5 Å². The van der Waals surface area contributed by atoms with Gasteiger partial charge in [-0.2, -0.15) is 0 Å². The predicted octanol–water partition coefficient (Wildman–Crippen LogP) is 3.35. The number of nitro benzene ring substituents is 1. The lowest BCUT2D eigenvalue weighted by Crippen LogP contribution is -2.44. The minimum absolute atomic E-state index is 0.0308. The molecule has 1 heterocycles. The van der Waals surface area contributed by atoms with Gasteiger partial charge in [-0.25, -0.2) is 9.78 Å². The standard InChI is InChI=1S/C16H17N3O5S2/c1-8(2)13(15(21)22)18-14(20)10-4-5-12(11(6-10)19(23)24)26-16-17-9(3)7-25-16/h4-8,13H,1-3H3,(H,18,20)(H,21,22)/t13-/m0/s1. The van der Waals surface area contributed by atoms with Gasteiger partial charge < -0.3 is 10.4 Å². The van der Waals surface area contributed by atoms with Crippen LogP contribution in [0.25, 0.3) is 0 Å². The molecule has 0 bridgehead atoms. The van der Waals surface area contributed by atoms with Gasteiger partial charge in [0.05, 0.1) is 9.82 Å². The van der Waals surface area contributed by atoms with Crippen molar-refractivity contribution in [2.75, 3.05) is 0 Å². The highest BCUT2D eigenvalue weighted by Gasteiger charge is 2.25. The topological polar surface area (TPSA) is 122 Å². The Balaban J connectivity index is 2.28. The fourth-order valence-electron chi connectivity index (χ4n) is 2.10. The molecule has 0 aliphatic rings. The lowest BCUT2D eigenvalue weighted by Gasteiger charge is -2.17. The highest BCUT2D eigenvalue weighted by atomic mass is 32.2. The van der Waals surface area contributed by atoms with Crippen LogP contribution in [0, 0.1) is 23.0 Å². The zero-order valence-electron chi connectivity index (χ0n) is 14.3. The summed E-state index contributed by atoms with van der Waals surface area (Å²) in [7, 11) is 0. The van der Waals surface area contributed by atoms with Gasteiger partial charge in [-0.15, -0.1) is 11.3 Å². The third-order valence-electron chi connectivity index (χ3n) is 3.43. The van der Waals surface area contributed by atoms with E-state index in [0.29, 0.717) is 9.24 Å². The third-order valence-corrected chi connectivity index (χ3v) is 5.55. The highest BCUT2D eigenvalue weighted by Crippen LogP contribution is 2.36. The van der Waals surface area contributed by atoms with Crippen LogP contribution in [-0.2, 0) is 4.79 Å². The lowest BCUT2D eigenvalue weighted by molar-refractivity contribution is -0.387. The predicted molar refractivity (Wildman–Crippen MR) is 97.8 cm³/mol. The highest BCUT2D eigenvalue weighted by molar-refractivity contribution is 8.01. The van der Waals surface area contributed by atoms with Gasteiger partial charge in [0.2, 0.25) is 0 Å². The molecular weight excluding hydrogens is 378 g/mol. The maximum absolute atomic E-state index is 12.3. The summed E-state index contributed by atoms with van der Waals surface area (Å²) in [6, 6.07) is 2.98. The van der Waals surface area contributed by atoms with Crippen LogP contribution >= 0.6 is 23.1 Å². The number of nitrogens with zero attached hydrogens (tertiary/aromatic N) is 2. The molecule has 0 spiro atoms. The van der Waals surface area contributed by atoms with Crippen molar-refractivity contribution in [2.24, 2.45) is 5.92 Å². The van der Waals surface area contributed by atoms with Crippen LogP contribution in [0.4, 0.5) is 5.69 Å². The first-order chi connectivity index (χ1) is 12.2. The van der Waals surface area contributed by atoms with Crippen molar-refractivity contribution in [3.63, 3.8) is 0 Å². The average Bonchev–Trinajstić information content (AvgIpc) is 2.96. The van der Waals surface area contributed by atoms with Crippen molar-refractivity contribution in [3.05, 3.63) is 45.0 Å². The molecule has 0 radical (unpaired) electrons. The Bertz CT molecular complexity index is 850. The third kappa shape index (κ3) is 4.79. The summed E-state index contributed by atoms with van der Waals surface area (Å²) < 4.78 is 0.661. The summed E-state index contributed by atoms with van der Waals surface area (Å²) in [5.74, 6) is -2.15. The van der Waals surface area contributed by atoms with Crippen LogP contribution in [0.3, 0.4) is 0 Å². The van der Waals surface area contributed by atoms with E-state index in [1.54, 1.807) is 13.8 Å². The van der Waals surface area contributed by atoms with E-state index >= 15 is 0 Å². The number of carbonyl (C=O) groups excluding carboxylic acids is 1. The molecule has 0 saturated heterocycles. The van der Waals surface area contributed by atoms with Gasteiger partial charge in [0, 0.05) is 22.7 Å². The molecule has 0 unspecified atom stereocenters. The zero-order valence-corrected chi connectivity index (χ0v) is 15.9. The van der Waals surface area contributed by atoms with Gasteiger partial charge in [0.15, 0.2) is 4.34 Å². The van der Waals surface area contributed by atoms with Crippen molar-refractivity contribution >= 4 is 40.7 Å². The summed E-state index contributed by atoms with van der Waals surface area (Å²) >= 11 is 2.52. The Hall–Kier alpha value is -2.46. The average molecular weight is 395 g/mol. The molecule has 2 rings (SSSR count). The Morgan fingerprint density at radius 3 is 2.58 bits per heavy atom. The molecule has 1 amide bonds. The molecular formula is C16H17N3O5S2. The first kappa shape index (κ1) is 19.9. The number of benzene rings is 1. The normalized spacial score (nSPS) is 12.0. The zero-order chi connectivity index (χ0) is 19.4. The van der Waals surface area contributed by atoms with Crippen LogP contribution in [0.15, 0.2) is 32.8 Å². The number of thiazole rings is 1. The van der Waals surface area contributed by atoms with Crippen LogP contribution in [0.5, 0.6) is 0 Å². The van der Waals surface area contributed by atoms with Gasteiger partial charge in [-0.1, -0.05) is 25.6 Å². The molecule has 2 aromatic rings. The van der Waals surface area contributed by atoms with E-state index in [1.165, 1.54) is 23.5 Å². The summed E-state index contributed by atoms with van der Waals surface area (Å²) in [6.45, 7) is 5.16. The van der Waals surface area contributed by atoms with Gasteiger partial charge in [0.25, 0.3) is 11.6 Å². The number of carbonyl (C=O) groups is 2. The molecule has 138 valence electrons. The van der Waals surface area contributed by atoms with Crippen molar-refractivity contribution in [1.82, 2.24) is 10.3 Å². The quantitative estimate of drug-likeness (QED) is 0.544. The van der Waals surface area contributed by atoms with E-state index in [1.807, 2.05) is 12.3 Å². The maximum atomic E-state index is 12.3. The number of nitrogens with one attached hydrogen (secondary N) is 1. The van der Waals surface area contributed by atoms with Crippen molar-refractivity contribution in [2.45, 2.75) is 36.0 Å². The Morgan fingerprint density at radius 2 is 2.08 bits per heavy atom. The van der Waals surface area contributed by atoms with Crippen molar-refractivity contribution < 1.29 is 19.6 Å². The summed E-state index contributed by atoms with van der Waals surface area (Å²) in [5.41, 5.74) is 0.625. The van der Waals surface area contributed by atoms with E-state index in [4.69, 9.17) is 5.11 Å². The number of aliphatic carboxylic acids is 1. The molecule has 0 aliphatic carbocycles. The van der Waals surface area contributed by atoms with Crippen LogP contribution < -0.4 is 5.32 Å². The largest absolute Gasteiger partial charge is 0.480 e. The molecule has 0 fully saturated rings. The molecule has 0 saturated carbocycles. The second-order valence-electron chi connectivity index (χ2n) is 5.83. The minimum Gasteiger partial charge on any atom is -0.480 e. The maximum Gasteiger partial charge on any atom is 0.326 e. The number of rotatable bonds is 7. The Labute approximate surface area is 157 Å². The first-order valence-corrected chi connectivity index (χ1v) is 9.30. The molecule has 2 N–H and O–H groups in total. The number of nitro groups is 1. The molecule has 8 nitrogen and oxygen atoms in total. The van der Waals surface area contributed by atoms with Crippen molar-refractivity contribution in [3.8, 4) is 0 Å². The Morgan fingerprint density at radius 1 is 1.38 bits per heavy atom. The number of aromatic nitrogens is 1. The number of hydrogen-bond donors (Lipinski definition) is 2. The second-order valence-corrected chi connectivity index (χ2v) is 7.98. The molecule has 0 aliphatic heterocycles. The summed E-state index contributed by atoms with van der Waals surface area (Å²) in [6.07, 6.45) is 0. The fourth-order valence-corrected chi connectivity index (χ4v) is 3.98. The number of aryl methyl sites for hydroxylation is 1. The minimum atomic E-state index is -1.16. The number of hydrogen-bond acceptors (Lipinski definition) is 7. The van der Waals surface area contributed by atoms with E-state index in [-0.39, 0.29) is 17.2 Å². The van der Waals surface area contributed by atoms with E-state index in [9.17, 15) is 19.7 Å². The van der Waals surface area contributed by atoms with E-state index in [2.05, 4.69) is 10.3 Å². The summed E-state index contributed by atoms with van der Waals surface area (Å²) in [4.78, 5) is 38.9. The summed E-state index contributed by atoms with van der Waals surface area (Å²) in [5, 5.41) is 24.8. The van der Waals surface area contributed by atoms with Gasteiger partial charge in [0.1, 0.15) is 6.04 Å². The monoisotopic (exact) mass is 395 g/mol. The van der Waals surface area contributed by atoms with E-state index < -0.39 is 22.8 Å². The molecule has 1 atom stereocenters. The fraction of sp³-hybridized carbons (Fsp3) is 0.312. The number of carboxylic acids is 1. The SMILES string of the molecule is Cc1csc(Sc2ccc(C(=O)N[C@H](C(=O)O)C(C)C)cc2[N+](=O)[O-])n1. The number of carboxylic acid groups (broad SMARTS) is 1. The van der Waals surface area contributed by atoms with Crippen LogP contribution in [0.1, 0.15) is 29.9 Å². The molecule has 26 heavy (non-hydrogen) atoms. The molecule has 10 heteroatoms. The Kier molecular flexibility index (Phi) is 6.32. The second kappa shape index (κ2) is 8.28. The van der Waals surface area contributed by atoms with Gasteiger partial charge in [-0.05, 0) is 25.0 Å².